The van der Waals surface area contributed by atoms with Gasteiger partial charge in [0.25, 0.3) is 5.91 Å². The second-order valence-electron chi connectivity index (χ2n) is 7.29. The number of guanidine groups is 1. The molecule has 0 saturated carbocycles. The Morgan fingerprint density at radius 2 is 2.03 bits per heavy atom. The van der Waals surface area contributed by atoms with Crippen molar-refractivity contribution in [3.8, 4) is 0 Å². The van der Waals surface area contributed by atoms with E-state index in [0.717, 1.165) is 30.1 Å². The molecule has 1 aliphatic rings. The van der Waals surface area contributed by atoms with Crippen LogP contribution in [0.5, 0.6) is 0 Å². The van der Waals surface area contributed by atoms with Crippen LogP contribution in [-0.4, -0.2) is 37.9 Å². The van der Waals surface area contributed by atoms with Gasteiger partial charge in [0.05, 0.1) is 0 Å². The number of carbonyl (C=O) groups is 1. The lowest BCUT2D eigenvalue weighted by Gasteiger charge is -2.15. The van der Waals surface area contributed by atoms with Gasteiger partial charge in [-0.25, -0.2) is 0 Å². The standard InChI is InChI=1S/C23H30N4O2S/c1-16-9-10-18(21(12-16)30-3)15-26-23(24-2)25-14-17-6-4-7-19(13-17)27-22(28)20-8-5-11-29-20/h4,6-7,9-10,12-13,20H,5,8,11,14-15H2,1-3H3,(H,27,28)(H2,24,25,26). The summed E-state index contributed by atoms with van der Waals surface area (Å²) in [6.07, 6.45) is 3.49. The minimum atomic E-state index is -0.331. The number of nitrogens with one attached hydrogen (secondary N) is 3. The fourth-order valence-corrected chi connectivity index (χ4v) is 4.06. The van der Waals surface area contributed by atoms with Crippen molar-refractivity contribution in [2.45, 2.75) is 43.9 Å². The number of thioether (sulfide) groups is 1. The van der Waals surface area contributed by atoms with Gasteiger partial charge in [-0.1, -0.05) is 24.3 Å². The number of hydrogen-bond donors (Lipinski definition) is 3. The zero-order valence-electron chi connectivity index (χ0n) is 17.8. The first-order chi connectivity index (χ1) is 14.6. The molecular formula is C23H30N4O2S. The number of benzene rings is 2. The van der Waals surface area contributed by atoms with Crippen molar-refractivity contribution in [1.29, 1.82) is 0 Å². The van der Waals surface area contributed by atoms with Crippen molar-refractivity contribution in [3.63, 3.8) is 0 Å². The molecule has 2 aromatic rings. The van der Waals surface area contributed by atoms with Crippen LogP contribution in [0.2, 0.25) is 0 Å². The van der Waals surface area contributed by atoms with Crippen LogP contribution in [0.1, 0.15) is 29.5 Å². The average molecular weight is 427 g/mol. The highest BCUT2D eigenvalue weighted by Gasteiger charge is 2.23. The van der Waals surface area contributed by atoms with Crippen molar-refractivity contribution < 1.29 is 9.53 Å². The van der Waals surface area contributed by atoms with Gasteiger partial charge < -0.3 is 20.7 Å². The summed E-state index contributed by atoms with van der Waals surface area (Å²) in [6.45, 7) is 4.07. The summed E-state index contributed by atoms with van der Waals surface area (Å²) in [5, 5.41) is 9.66. The van der Waals surface area contributed by atoms with E-state index in [2.05, 4.69) is 52.3 Å². The molecule has 1 aliphatic heterocycles. The molecule has 1 amide bonds. The molecular weight excluding hydrogens is 396 g/mol. The first-order valence-corrected chi connectivity index (χ1v) is 11.4. The lowest BCUT2D eigenvalue weighted by Crippen LogP contribution is -2.36. The van der Waals surface area contributed by atoms with Gasteiger partial charge in [-0.15, -0.1) is 11.8 Å². The Balaban J connectivity index is 1.53. The van der Waals surface area contributed by atoms with Gasteiger partial charge in [0.1, 0.15) is 6.10 Å². The molecule has 0 radical (unpaired) electrons. The van der Waals surface area contributed by atoms with Crippen LogP contribution in [0.4, 0.5) is 5.69 Å². The van der Waals surface area contributed by atoms with Gasteiger partial charge >= 0.3 is 0 Å². The Kier molecular flexibility index (Phi) is 8.16. The van der Waals surface area contributed by atoms with Crippen LogP contribution in [0.25, 0.3) is 0 Å². The first kappa shape index (κ1) is 22.2. The monoisotopic (exact) mass is 426 g/mol. The molecule has 7 heteroatoms. The molecule has 1 unspecified atom stereocenters. The van der Waals surface area contributed by atoms with E-state index in [1.54, 1.807) is 18.8 Å². The van der Waals surface area contributed by atoms with Crippen LogP contribution in [0.3, 0.4) is 0 Å². The van der Waals surface area contributed by atoms with Gasteiger partial charge in [-0.3, -0.25) is 9.79 Å². The SMILES string of the molecule is CN=C(NCc1cccc(NC(=O)C2CCCO2)c1)NCc1ccc(C)cc1SC. The van der Waals surface area contributed by atoms with Gasteiger partial charge in [0, 0.05) is 37.3 Å². The Morgan fingerprint density at radius 1 is 1.20 bits per heavy atom. The van der Waals surface area contributed by atoms with E-state index in [1.807, 2.05) is 24.3 Å². The minimum Gasteiger partial charge on any atom is -0.368 e. The summed E-state index contributed by atoms with van der Waals surface area (Å²) in [4.78, 5) is 17.8. The molecule has 0 bridgehead atoms. The number of carbonyl (C=O) groups excluding carboxylic acids is 1. The fourth-order valence-electron chi connectivity index (χ4n) is 3.35. The number of amides is 1. The Labute approximate surface area is 182 Å². The van der Waals surface area contributed by atoms with E-state index in [0.29, 0.717) is 19.7 Å². The molecule has 6 nitrogen and oxygen atoms in total. The van der Waals surface area contributed by atoms with Gasteiger partial charge in [0.2, 0.25) is 0 Å². The lowest BCUT2D eigenvalue weighted by atomic mass is 10.1. The van der Waals surface area contributed by atoms with E-state index < -0.39 is 0 Å². The largest absolute Gasteiger partial charge is 0.368 e. The molecule has 1 saturated heterocycles. The fraction of sp³-hybridized carbons (Fsp3) is 0.391. The van der Waals surface area contributed by atoms with Crippen molar-refractivity contribution in [2.24, 2.45) is 4.99 Å². The molecule has 0 aliphatic carbocycles. The molecule has 3 N–H and O–H groups in total. The average Bonchev–Trinajstić information content (AvgIpc) is 3.30. The minimum absolute atomic E-state index is 0.0715. The second-order valence-corrected chi connectivity index (χ2v) is 8.13. The van der Waals surface area contributed by atoms with Crippen molar-refractivity contribution >= 4 is 29.3 Å². The summed E-state index contributed by atoms with van der Waals surface area (Å²) >= 11 is 1.75. The number of aryl methyl sites for hydroxylation is 1. The molecule has 0 aromatic heterocycles. The van der Waals surface area contributed by atoms with Crippen molar-refractivity contribution in [1.82, 2.24) is 10.6 Å². The third-order valence-electron chi connectivity index (χ3n) is 4.99. The number of hydrogen-bond acceptors (Lipinski definition) is 4. The van der Waals surface area contributed by atoms with E-state index in [9.17, 15) is 4.79 Å². The summed E-state index contributed by atoms with van der Waals surface area (Å²) in [5.74, 6) is 0.661. The third kappa shape index (κ3) is 6.24. The number of rotatable bonds is 7. The predicted octanol–water partition coefficient (Wildman–Crippen LogP) is 3.70. The van der Waals surface area contributed by atoms with E-state index in [-0.39, 0.29) is 12.0 Å². The molecule has 3 rings (SSSR count). The summed E-state index contributed by atoms with van der Waals surface area (Å²) in [7, 11) is 1.76. The highest BCUT2D eigenvalue weighted by Crippen LogP contribution is 2.21. The van der Waals surface area contributed by atoms with Crippen LogP contribution in [-0.2, 0) is 22.6 Å². The van der Waals surface area contributed by atoms with Crippen molar-refractivity contribution in [2.75, 3.05) is 25.2 Å². The maximum atomic E-state index is 12.2. The van der Waals surface area contributed by atoms with Crippen LogP contribution < -0.4 is 16.0 Å². The normalized spacial score (nSPS) is 16.4. The highest BCUT2D eigenvalue weighted by molar-refractivity contribution is 7.98. The summed E-state index contributed by atoms with van der Waals surface area (Å²) in [6, 6.07) is 14.3. The number of anilines is 1. The van der Waals surface area contributed by atoms with E-state index >= 15 is 0 Å². The second kappa shape index (κ2) is 11.0. The van der Waals surface area contributed by atoms with Gasteiger partial charge in [0.15, 0.2) is 5.96 Å². The molecule has 1 fully saturated rings. The van der Waals surface area contributed by atoms with Crippen LogP contribution >= 0.6 is 11.8 Å². The number of ether oxygens (including phenoxy) is 1. The summed E-state index contributed by atoms with van der Waals surface area (Å²) in [5.41, 5.74) is 4.34. The quantitative estimate of drug-likeness (QED) is 0.358. The zero-order chi connectivity index (χ0) is 21.3. The van der Waals surface area contributed by atoms with Crippen LogP contribution in [0.15, 0.2) is 52.4 Å². The molecule has 30 heavy (non-hydrogen) atoms. The molecule has 160 valence electrons. The number of aliphatic imine (C=N–C) groups is 1. The molecule has 0 spiro atoms. The highest BCUT2D eigenvalue weighted by atomic mass is 32.2. The van der Waals surface area contributed by atoms with E-state index in [4.69, 9.17) is 4.74 Å². The lowest BCUT2D eigenvalue weighted by molar-refractivity contribution is -0.124. The Hall–Kier alpha value is -2.51. The third-order valence-corrected chi connectivity index (χ3v) is 5.81. The topological polar surface area (TPSA) is 74.8 Å². The predicted molar refractivity (Wildman–Crippen MR) is 124 cm³/mol. The molecule has 2 aromatic carbocycles. The Morgan fingerprint density at radius 3 is 2.77 bits per heavy atom. The summed E-state index contributed by atoms with van der Waals surface area (Å²) < 4.78 is 5.45. The smallest absolute Gasteiger partial charge is 0.253 e. The number of nitrogens with zero attached hydrogens (tertiary/aromatic N) is 1. The maximum Gasteiger partial charge on any atom is 0.253 e. The van der Waals surface area contributed by atoms with E-state index in [1.165, 1.54) is 16.0 Å². The first-order valence-electron chi connectivity index (χ1n) is 10.2. The Bertz CT molecular complexity index is 895. The van der Waals surface area contributed by atoms with Gasteiger partial charge in [-0.2, -0.15) is 0 Å². The zero-order valence-corrected chi connectivity index (χ0v) is 18.6. The van der Waals surface area contributed by atoms with Gasteiger partial charge in [-0.05, 0) is 60.9 Å². The maximum absolute atomic E-state index is 12.2. The van der Waals surface area contributed by atoms with Crippen LogP contribution in [0, 0.1) is 6.92 Å². The van der Waals surface area contributed by atoms with Crippen molar-refractivity contribution in [3.05, 3.63) is 59.2 Å². The molecule has 1 heterocycles. The molecule has 1 atom stereocenters.